The lowest BCUT2D eigenvalue weighted by molar-refractivity contribution is 0.436. The third-order valence-electron chi connectivity index (χ3n) is 19.1. The molecule has 392 valence electrons. The Kier molecular flexibility index (Phi) is 10.1. The van der Waals surface area contributed by atoms with Crippen LogP contribution in [0, 0.1) is 0 Å². The van der Waals surface area contributed by atoms with E-state index in [2.05, 4.69) is 314 Å². The van der Waals surface area contributed by atoms with Crippen LogP contribution in [0.15, 0.2) is 319 Å². The van der Waals surface area contributed by atoms with Crippen LogP contribution >= 0.6 is 11.8 Å². The summed E-state index contributed by atoms with van der Waals surface area (Å²) >= 11 is 1.89. The predicted molar refractivity (Wildman–Crippen MR) is 343 cm³/mol. The van der Waals surface area contributed by atoms with Crippen LogP contribution in [0.2, 0.25) is 0 Å². The average Bonchev–Trinajstić information content (AvgIpc) is 1.55. The Bertz CT molecular complexity index is 4740. The Morgan fingerprint density at radius 2 is 0.619 bits per heavy atom. The van der Waals surface area contributed by atoms with Crippen molar-refractivity contribution in [3.05, 3.63) is 376 Å². The van der Waals surface area contributed by atoms with Crippen molar-refractivity contribution >= 4 is 28.8 Å². The monoisotopic (exact) mass is 1090 g/mol. The number of anilines is 3. The summed E-state index contributed by atoms with van der Waals surface area (Å²) in [7, 11) is 0. The van der Waals surface area contributed by atoms with Gasteiger partial charge in [-0.25, -0.2) is 0 Å². The van der Waals surface area contributed by atoms with E-state index >= 15 is 0 Å². The van der Waals surface area contributed by atoms with Crippen LogP contribution in [0.1, 0.15) is 66.8 Å². The second kappa shape index (κ2) is 17.9. The minimum absolute atomic E-state index is 0.485. The van der Waals surface area contributed by atoms with E-state index in [-0.39, 0.29) is 0 Å². The summed E-state index contributed by atoms with van der Waals surface area (Å²) < 4.78 is 6.81. The molecule has 13 aromatic rings. The van der Waals surface area contributed by atoms with Crippen LogP contribution in [0.5, 0.6) is 11.5 Å². The first kappa shape index (κ1) is 47.4. The highest BCUT2D eigenvalue weighted by atomic mass is 32.2. The molecule has 5 aliphatic rings. The molecule has 3 aliphatic carbocycles. The van der Waals surface area contributed by atoms with Gasteiger partial charge in [-0.15, -0.1) is 0 Å². The van der Waals surface area contributed by atoms with Gasteiger partial charge >= 0.3 is 0 Å². The molecule has 0 atom stereocenters. The molecule has 18 rings (SSSR count). The van der Waals surface area contributed by atoms with Gasteiger partial charge in [-0.3, -0.25) is 0 Å². The van der Waals surface area contributed by atoms with Gasteiger partial charge in [-0.1, -0.05) is 254 Å². The van der Waals surface area contributed by atoms with Gasteiger partial charge in [0.1, 0.15) is 11.5 Å². The number of ether oxygens (including phenoxy) is 1. The molecule has 84 heavy (non-hydrogen) atoms. The molecule has 2 heterocycles. The Balaban J connectivity index is 0.851. The Hall–Kier alpha value is -10.2. The minimum atomic E-state index is -0.631. The quantitative estimate of drug-likeness (QED) is 0.165. The molecular formula is C81H51NOS. The van der Waals surface area contributed by atoms with Gasteiger partial charge in [0, 0.05) is 38.0 Å². The van der Waals surface area contributed by atoms with Crippen LogP contribution in [0.4, 0.5) is 17.1 Å². The number of hydrogen-bond donors (Lipinski definition) is 0. The second-order valence-electron chi connectivity index (χ2n) is 22.9. The number of rotatable bonds is 6. The largest absolute Gasteiger partial charge is 0.457 e. The summed E-state index contributed by atoms with van der Waals surface area (Å²) in [6.45, 7) is 0. The Morgan fingerprint density at radius 3 is 1.20 bits per heavy atom. The number of nitrogens with zero attached hydrogens (tertiary/aromatic N) is 1. The van der Waals surface area contributed by atoms with Crippen molar-refractivity contribution in [3.63, 3.8) is 0 Å². The van der Waals surface area contributed by atoms with E-state index in [4.69, 9.17) is 4.74 Å². The van der Waals surface area contributed by atoms with Gasteiger partial charge < -0.3 is 9.64 Å². The highest BCUT2D eigenvalue weighted by molar-refractivity contribution is 7.99. The molecule has 2 nitrogen and oxygen atoms in total. The van der Waals surface area contributed by atoms with Crippen molar-refractivity contribution in [3.8, 4) is 56.0 Å². The summed E-state index contributed by atoms with van der Waals surface area (Å²) in [5.41, 5.74) is 26.7. The van der Waals surface area contributed by atoms with Gasteiger partial charge in [-0.05, 0) is 167 Å². The van der Waals surface area contributed by atoms with E-state index in [1.807, 2.05) is 11.8 Å². The van der Waals surface area contributed by atoms with E-state index in [1.54, 1.807) is 0 Å². The normalized spacial score (nSPS) is 14.8. The fourth-order valence-electron chi connectivity index (χ4n) is 15.8. The summed E-state index contributed by atoms with van der Waals surface area (Å²) in [5.74, 6) is 1.76. The van der Waals surface area contributed by atoms with Gasteiger partial charge in [0.25, 0.3) is 0 Å². The first-order valence-electron chi connectivity index (χ1n) is 29.1. The first-order valence-corrected chi connectivity index (χ1v) is 30.0. The van der Waals surface area contributed by atoms with Crippen LogP contribution in [-0.4, -0.2) is 0 Å². The highest BCUT2D eigenvalue weighted by Gasteiger charge is 2.53. The summed E-state index contributed by atoms with van der Waals surface area (Å²) in [5, 5.41) is 0. The van der Waals surface area contributed by atoms with Gasteiger partial charge in [0.05, 0.1) is 16.2 Å². The van der Waals surface area contributed by atoms with E-state index in [0.717, 1.165) is 45.3 Å². The average molecular weight is 1090 g/mol. The van der Waals surface area contributed by atoms with E-state index in [9.17, 15) is 0 Å². The molecule has 0 saturated heterocycles. The summed E-state index contributed by atoms with van der Waals surface area (Å²) in [6, 6.07) is 116. The fourth-order valence-corrected chi connectivity index (χ4v) is 17.0. The number of para-hydroxylation sites is 2. The second-order valence-corrected chi connectivity index (χ2v) is 24.0. The molecule has 0 N–H and O–H groups in total. The molecule has 0 radical (unpaired) electrons. The van der Waals surface area contributed by atoms with E-state index < -0.39 is 16.2 Å². The molecule has 3 heteroatoms. The molecule has 0 unspecified atom stereocenters. The highest BCUT2D eigenvalue weighted by Crippen LogP contribution is 2.65. The summed E-state index contributed by atoms with van der Waals surface area (Å²) in [6.07, 6.45) is 0. The van der Waals surface area contributed by atoms with Gasteiger partial charge in [-0.2, -0.15) is 0 Å². The Morgan fingerprint density at radius 1 is 0.238 bits per heavy atom. The molecule has 0 saturated carbocycles. The van der Waals surface area contributed by atoms with Crippen LogP contribution in [0.3, 0.4) is 0 Å². The van der Waals surface area contributed by atoms with Gasteiger partial charge in [0.2, 0.25) is 0 Å². The smallest absolute Gasteiger partial charge is 0.132 e. The molecule has 0 amide bonds. The minimum Gasteiger partial charge on any atom is -0.457 e. The SMILES string of the molecule is c1ccc(C2(c3ccccc3)c3ccccc3-c3ccc(-c4ccc(N(c5ccc6c(c5)-c5ccccc5C65c6ccccc6Sc6ccccc65)c5ccc6c(c5)C5(c7ccccc7Oc7ccccc75)c5ccccc5-6)cc4)cc32)cc1. The third kappa shape index (κ3) is 6.26. The Labute approximate surface area is 493 Å². The first-order chi connectivity index (χ1) is 41.6. The molecule has 0 fully saturated rings. The topological polar surface area (TPSA) is 12.5 Å². The summed E-state index contributed by atoms with van der Waals surface area (Å²) in [4.78, 5) is 5.10. The van der Waals surface area contributed by atoms with Crippen molar-refractivity contribution < 1.29 is 4.74 Å². The van der Waals surface area contributed by atoms with Crippen LogP contribution in [-0.2, 0) is 16.2 Å². The predicted octanol–water partition coefficient (Wildman–Crippen LogP) is 20.5. The zero-order valence-electron chi connectivity index (χ0n) is 45.7. The van der Waals surface area contributed by atoms with Crippen molar-refractivity contribution in [2.45, 2.75) is 26.0 Å². The third-order valence-corrected chi connectivity index (χ3v) is 20.2. The molecule has 0 bridgehead atoms. The van der Waals surface area contributed by atoms with Crippen molar-refractivity contribution in [1.29, 1.82) is 0 Å². The lowest BCUT2D eigenvalue weighted by Gasteiger charge is -2.40. The lowest BCUT2D eigenvalue weighted by atomic mass is 9.66. The standard InChI is InChI=1S/C81H51NOS/c1-3-21-54(22-4-1)79(55-23-5-2-6-24-55)65-28-10-7-25-59(65)62-46-41-53(49-73(62)79)52-39-42-56(43-40-52)82(57-45-48-68-64(50-57)61-27-9-12-30-67(61)80(68)71-33-15-19-37-77(71)84-78-38-20-16-34-72(78)80)58-44-47-63-60-26-8-11-29-66(60)81(74(63)51-58)69-31-13-17-35-75(69)83-76-36-18-14-32-70(76)81/h1-51H. The molecule has 2 spiro atoms. The lowest BCUT2D eigenvalue weighted by Crippen LogP contribution is -2.32. The molecular weight excluding hydrogens is 1030 g/mol. The maximum absolute atomic E-state index is 6.81. The van der Waals surface area contributed by atoms with Crippen molar-refractivity contribution in [2.75, 3.05) is 4.90 Å². The van der Waals surface area contributed by atoms with E-state index in [1.165, 1.54) is 104 Å². The molecule has 13 aromatic carbocycles. The zero-order chi connectivity index (χ0) is 55.1. The van der Waals surface area contributed by atoms with Crippen molar-refractivity contribution in [2.24, 2.45) is 0 Å². The van der Waals surface area contributed by atoms with Gasteiger partial charge in [0.15, 0.2) is 0 Å². The maximum atomic E-state index is 6.81. The number of hydrogen-bond acceptors (Lipinski definition) is 3. The zero-order valence-corrected chi connectivity index (χ0v) is 46.5. The van der Waals surface area contributed by atoms with Crippen LogP contribution < -0.4 is 9.64 Å². The molecule has 2 aliphatic heterocycles. The van der Waals surface area contributed by atoms with E-state index in [0.29, 0.717) is 0 Å². The number of fused-ring (bicyclic) bond motifs is 21. The van der Waals surface area contributed by atoms with Crippen LogP contribution in [0.25, 0.3) is 44.5 Å². The fraction of sp³-hybridized carbons (Fsp3) is 0.0370. The molecule has 0 aromatic heterocycles. The number of benzene rings is 13. The van der Waals surface area contributed by atoms with Crippen molar-refractivity contribution in [1.82, 2.24) is 0 Å². The maximum Gasteiger partial charge on any atom is 0.132 e.